The molecule has 1 aliphatic rings. The number of amides is 3. The number of fused-ring (bicyclic) bond motifs is 1. The molecule has 0 saturated heterocycles. The summed E-state index contributed by atoms with van der Waals surface area (Å²) in [6, 6.07) is 13.4. The van der Waals surface area contributed by atoms with Crippen molar-refractivity contribution in [2.75, 3.05) is 6.79 Å². The summed E-state index contributed by atoms with van der Waals surface area (Å²) in [5, 5.41) is 2.73. The molecule has 0 saturated carbocycles. The van der Waals surface area contributed by atoms with Crippen LogP contribution in [0.5, 0.6) is 11.5 Å². The van der Waals surface area contributed by atoms with E-state index in [1.807, 2.05) is 30.3 Å². The molecule has 8 nitrogen and oxygen atoms in total. The standard InChI is InChI=1S/C19H19N3O5/c1-12(23)20-15(13-5-3-2-4-6-13)10-18(24)21-22-19(25)14-7-8-16-17(9-14)27-11-26-16/h2-9,15H,10-11H2,1H3,(H,20,23)(H,21,24)(H,22,25)/t15-/m0/s1. The van der Waals surface area contributed by atoms with E-state index >= 15 is 0 Å². The van der Waals surface area contributed by atoms with Gasteiger partial charge in [-0.25, -0.2) is 0 Å². The molecule has 3 amide bonds. The second-order valence-corrected chi connectivity index (χ2v) is 5.94. The molecule has 0 bridgehead atoms. The van der Waals surface area contributed by atoms with E-state index in [1.54, 1.807) is 12.1 Å². The minimum Gasteiger partial charge on any atom is -0.454 e. The van der Waals surface area contributed by atoms with Crippen LogP contribution in [0.4, 0.5) is 0 Å². The molecule has 0 spiro atoms. The van der Waals surface area contributed by atoms with Crippen molar-refractivity contribution in [2.45, 2.75) is 19.4 Å². The lowest BCUT2D eigenvalue weighted by Gasteiger charge is -2.18. The van der Waals surface area contributed by atoms with E-state index in [0.717, 1.165) is 5.56 Å². The van der Waals surface area contributed by atoms with E-state index in [1.165, 1.54) is 13.0 Å². The maximum Gasteiger partial charge on any atom is 0.269 e. The van der Waals surface area contributed by atoms with Crippen molar-refractivity contribution in [2.24, 2.45) is 0 Å². The Kier molecular flexibility index (Phi) is 5.55. The Labute approximate surface area is 155 Å². The van der Waals surface area contributed by atoms with E-state index < -0.39 is 17.9 Å². The number of carbonyl (C=O) groups excluding carboxylic acids is 3. The first-order chi connectivity index (χ1) is 13.0. The Morgan fingerprint density at radius 1 is 1.00 bits per heavy atom. The molecule has 1 aliphatic heterocycles. The molecular weight excluding hydrogens is 350 g/mol. The average molecular weight is 369 g/mol. The zero-order valence-corrected chi connectivity index (χ0v) is 14.7. The predicted molar refractivity (Wildman–Crippen MR) is 95.8 cm³/mol. The first kappa shape index (κ1) is 18.2. The Balaban J connectivity index is 1.57. The molecule has 8 heteroatoms. The SMILES string of the molecule is CC(=O)N[C@@H](CC(=O)NNC(=O)c1ccc2c(c1)OCO2)c1ccccc1. The maximum absolute atomic E-state index is 12.2. The van der Waals surface area contributed by atoms with E-state index in [2.05, 4.69) is 16.2 Å². The largest absolute Gasteiger partial charge is 0.454 e. The van der Waals surface area contributed by atoms with Crippen molar-refractivity contribution in [3.05, 3.63) is 59.7 Å². The topological polar surface area (TPSA) is 106 Å². The van der Waals surface area contributed by atoms with Crippen LogP contribution in [-0.4, -0.2) is 24.5 Å². The summed E-state index contributed by atoms with van der Waals surface area (Å²) in [7, 11) is 0. The number of rotatable bonds is 5. The summed E-state index contributed by atoms with van der Waals surface area (Å²) < 4.78 is 10.4. The Morgan fingerprint density at radius 2 is 1.74 bits per heavy atom. The summed E-state index contributed by atoms with van der Waals surface area (Å²) in [5.41, 5.74) is 5.83. The van der Waals surface area contributed by atoms with E-state index in [9.17, 15) is 14.4 Å². The fourth-order valence-electron chi connectivity index (χ4n) is 2.66. The number of benzene rings is 2. The smallest absolute Gasteiger partial charge is 0.269 e. The zero-order chi connectivity index (χ0) is 19.2. The van der Waals surface area contributed by atoms with E-state index in [-0.39, 0.29) is 19.1 Å². The summed E-state index contributed by atoms with van der Waals surface area (Å²) in [6.45, 7) is 1.50. The van der Waals surface area contributed by atoms with Crippen LogP contribution >= 0.6 is 0 Å². The Morgan fingerprint density at radius 3 is 2.48 bits per heavy atom. The van der Waals surface area contributed by atoms with Crippen LogP contribution in [-0.2, 0) is 9.59 Å². The molecule has 1 atom stereocenters. The highest BCUT2D eigenvalue weighted by Gasteiger charge is 2.19. The molecule has 1 heterocycles. The zero-order valence-electron chi connectivity index (χ0n) is 14.7. The van der Waals surface area contributed by atoms with Gasteiger partial charge >= 0.3 is 0 Å². The van der Waals surface area contributed by atoms with Gasteiger partial charge in [0, 0.05) is 12.5 Å². The molecule has 3 rings (SSSR count). The molecule has 0 fully saturated rings. The third-order valence-electron chi connectivity index (χ3n) is 3.92. The van der Waals surface area contributed by atoms with Gasteiger partial charge in [-0.3, -0.25) is 25.2 Å². The fraction of sp³-hybridized carbons (Fsp3) is 0.211. The van der Waals surface area contributed by atoms with Crippen molar-refractivity contribution in [3.8, 4) is 11.5 Å². The van der Waals surface area contributed by atoms with Gasteiger partial charge in [-0.15, -0.1) is 0 Å². The minimum absolute atomic E-state index is 0.0228. The molecule has 140 valence electrons. The summed E-state index contributed by atoms with van der Waals surface area (Å²) >= 11 is 0. The number of hydrazine groups is 1. The maximum atomic E-state index is 12.2. The van der Waals surface area contributed by atoms with Gasteiger partial charge in [0.15, 0.2) is 11.5 Å². The highest BCUT2D eigenvalue weighted by molar-refractivity contribution is 5.96. The van der Waals surface area contributed by atoms with Crippen molar-refractivity contribution >= 4 is 17.7 Å². The second kappa shape index (κ2) is 8.22. The number of ether oxygens (including phenoxy) is 2. The van der Waals surface area contributed by atoms with Crippen LogP contribution in [0.25, 0.3) is 0 Å². The van der Waals surface area contributed by atoms with Gasteiger partial charge in [0.05, 0.1) is 12.5 Å². The highest BCUT2D eigenvalue weighted by atomic mass is 16.7. The predicted octanol–water partition coefficient (Wildman–Crippen LogP) is 1.44. The first-order valence-electron chi connectivity index (χ1n) is 8.34. The summed E-state index contributed by atoms with van der Waals surface area (Å²) in [4.78, 5) is 35.8. The van der Waals surface area contributed by atoms with Crippen molar-refractivity contribution < 1.29 is 23.9 Å². The lowest BCUT2D eigenvalue weighted by atomic mass is 10.0. The molecule has 0 aliphatic carbocycles. The molecule has 2 aromatic rings. The Bertz CT molecular complexity index is 854. The molecule has 0 radical (unpaired) electrons. The first-order valence-corrected chi connectivity index (χ1v) is 8.34. The summed E-state index contributed by atoms with van der Waals surface area (Å²) in [5.74, 6) is -0.134. The second-order valence-electron chi connectivity index (χ2n) is 5.94. The molecule has 2 aromatic carbocycles. The normalized spacial score (nSPS) is 12.8. The number of carbonyl (C=O) groups is 3. The molecule has 0 aromatic heterocycles. The summed E-state index contributed by atoms with van der Waals surface area (Å²) in [6.07, 6.45) is -0.0228. The Hall–Kier alpha value is -3.55. The third-order valence-corrected chi connectivity index (χ3v) is 3.92. The molecule has 0 unspecified atom stereocenters. The van der Waals surface area contributed by atoms with Crippen molar-refractivity contribution in [3.63, 3.8) is 0 Å². The van der Waals surface area contributed by atoms with Crippen molar-refractivity contribution in [1.82, 2.24) is 16.2 Å². The number of hydrogen-bond acceptors (Lipinski definition) is 5. The van der Waals surface area contributed by atoms with Crippen LogP contribution in [0.2, 0.25) is 0 Å². The monoisotopic (exact) mass is 369 g/mol. The number of nitrogens with one attached hydrogen (secondary N) is 3. The molecule has 27 heavy (non-hydrogen) atoms. The van der Waals surface area contributed by atoms with Crippen LogP contribution in [0.15, 0.2) is 48.5 Å². The van der Waals surface area contributed by atoms with Gasteiger partial charge < -0.3 is 14.8 Å². The van der Waals surface area contributed by atoms with Crippen LogP contribution in [0.1, 0.15) is 35.3 Å². The van der Waals surface area contributed by atoms with Gasteiger partial charge in [-0.1, -0.05) is 30.3 Å². The van der Waals surface area contributed by atoms with E-state index in [4.69, 9.17) is 9.47 Å². The fourth-order valence-corrected chi connectivity index (χ4v) is 2.66. The highest BCUT2D eigenvalue weighted by Crippen LogP contribution is 2.32. The lowest BCUT2D eigenvalue weighted by Crippen LogP contribution is -2.43. The number of hydrogen-bond donors (Lipinski definition) is 3. The van der Waals surface area contributed by atoms with Gasteiger partial charge in [0.25, 0.3) is 5.91 Å². The minimum atomic E-state index is -0.494. The molecule has 3 N–H and O–H groups in total. The van der Waals surface area contributed by atoms with Gasteiger partial charge in [0.2, 0.25) is 18.6 Å². The van der Waals surface area contributed by atoms with Crippen LogP contribution in [0, 0.1) is 0 Å². The quantitative estimate of drug-likeness (QED) is 0.692. The van der Waals surface area contributed by atoms with Gasteiger partial charge in [-0.2, -0.15) is 0 Å². The van der Waals surface area contributed by atoms with E-state index in [0.29, 0.717) is 17.1 Å². The van der Waals surface area contributed by atoms with Crippen molar-refractivity contribution in [1.29, 1.82) is 0 Å². The van der Waals surface area contributed by atoms with Crippen LogP contribution < -0.4 is 25.6 Å². The average Bonchev–Trinajstić information content (AvgIpc) is 3.13. The van der Waals surface area contributed by atoms with Gasteiger partial charge in [-0.05, 0) is 23.8 Å². The third kappa shape index (κ3) is 4.75. The van der Waals surface area contributed by atoms with Gasteiger partial charge in [0.1, 0.15) is 0 Å². The van der Waals surface area contributed by atoms with Crippen LogP contribution in [0.3, 0.4) is 0 Å². The molecular formula is C19H19N3O5. The lowest BCUT2D eigenvalue weighted by molar-refractivity contribution is -0.123.